The average molecular weight is 355 g/mol. The maximum atomic E-state index is 12.8. The number of rotatable bonds is 4. The molecular weight excluding hydrogens is 326 g/mol. The molecule has 1 saturated heterocycles. The fourth-order valence-electron chi connectivity index (χ4n) is 5.17. The molecule has 0 radical (unpaired) electrons. The van der Waals surface area contributed by atoms with Crippen molar-refractivity contribution in [3.63, 3.8) is 0 Å². The topological polar surface area (TPSA) is 62.3 Å². The Morgan fingerprint density at radius 3 is 2.81 bits per heavy atom. The lowest BCUT2D eigenvalue weighted by molar-refractivity contribution is -0.135. The fraction of sp³-hybridized carbons (Fsp3) is 0.667. The number of fused-ring (bicyclic) bond motifs is 2. The number of aromatic nitrogens is 1. The van der Waals surface area contributed by atoms with Gasteiger partial charge in [-0.05, 0) is 68.4 Å². The van der Waals surface area contributed by atoms with Crippen LogP contribution in [0.15, 0.2) is 18.3 Å². The monoisotopic (exact) mass is 355 g/mol. The minimum Gasteiger partial charge on any atom is -0.342 e. The largest absolute Gasteiger partial charge is 0.342 e. The van der Waals surface area contributed by atoms with E-state index in [2.05, 4.69) is 10.3 Å². The summed E-state index contributed by atoms with van der Waals surface area (Å²) in [5, 5.41) is 2.91. The first-order chi connectivity index (χ1) is 12.6. The second-order valence-corrected chi connectivity index (χ2v) is 8.53. The highest BCUT2D eigenvalue weighted by molar-refractivity contribution is 5.92. The Morgan fingerprint density at radius 1 is 1.23 bits per heavy atom. The van der Waals surface area contributed by atoms with E-state index in [0.29, 0.717) is 24.7 Å². The Morgan fingerprint density at radius 2 is 2.12 bits per heavy atom. The Labute approximate surface area is 155 Å². The van der Waals surface area contributed by atoms with Gasteiger partial charge < -0.3 is 10.2 Å². The molecule has 2 heterocycles. The molecule has 4 atom stereocenters. The molecule has 1 N–H and O–H groups in total. The standard InChI is InChI=1S/C21H29N3O2/c1-14-4-7-19(22-12-14)23-21(26)17-3-2-8-24(13-17)20(25)11-18-10-15-5-6-16(18)9-15/h4,7,12,15-18H,2-3,5-6,8-11,13H2,1H3,(H,22,23,26). The van der Waals surface area contributed by atoms with Crippen LogP contribution < -0.4 is 5.32 Å². The molecule has 3 aliphatic rings. The van der Waals surface area contributed by atoms with E-state index in [1.54, 1.807) is 6.20 Å². The number of hydrogen-bond acceptors (Lipinski definition) is 3. The number of nitrogens with one attached hydrogen (secondary N) is 1. The lowest BCUT2D eigenvalue weighted by Gasteiger charge is -2.33. The van der Waals surface area contributed by atoms with Gasteiger partial charge in [0.05, 0.1) is 5.92 Å². The van der Waals surface area contributed by atoms with Crippen LogP contribution in [0.2, 0.25) is 0 Å². The number of piperidine rings is 1. The van der Waals surface area contributed by atoms with E-state index in [1.165, 1.54) is 25.7 Å². The van der Waals surface area contributed by atoms with Gasteiger partial charge in [0.2, 0.25) is 11.8 Å². The van der Waals surface area contributed by atoms with Crippen molar-refractivity contribution in [1.29, 1.82) is 0 Å². The zero-order valence-corrected chi connectivity index (χ0v) is 15.6. The van der Waals surface area contributed by atoms with Crippen molar-refractivity contribution in [1.82, 2.24) is 9.88 Å². The molecule has 5 nitrogen and oxygen atoms in total. The summed E-state index contributed by atoms with van der Waals surface area (Å²) in [5.74, 6) is 2.95. The normalized spacial score (nSPS) is 30.4. The number of amides is 2. The molecule has 1 aliphatic heterocycles. The van der Waals surface area contributed by atoms with Gasteiger partial charge in [-0.25, -0.2) is 4.98 Å². The van der Waals surface area contributed by atoms with Crippen LogP contribution in [0.5, 0.6) is 0 Å². The van der Waals surface area contributed by atoms with E-state index >= 15 is 0 Å². The first kappa shape index (κ1) is 17.5. The smallest absolute Gasteiger partial charge is 0.230 e. The van der Waals surface area contributed by atoms with Crippen LogP contribution in [0, 0.1) is 30.6 Å². The first-order valence-electron chi connectivity index (χ1n) is 10.1. The lowest BCUT2D eigenvalue weighted by atomic mass is 9.85. The maximum Gasteiger partial charge on any atom is 0.230 e. The van der Waals surface area contributed by atoms with Gasteiger partial charge in [0.1, 0.15) is 5.82 Å². The Kier molecular flexibility index (Phi) is 4.96. The fourth-order valence-corrected chi connectivity index (χ4v) is 5.17. The third-order valence-corrected chi connectivity index (χ3v) is 6.63. The van der Waals surface area contributed by atoms with Crippen molar-refractivity contribution in [3.8, 4) is 0 Å². The summed E-state index contributed by atoms with van der Waals surface area (Å²) >= 11 is 0. The number of likely N-dealkylation sites (tertiary alicyclic amines) is 1. The Bertz CT molecular complexity index is 672. The van der Waals surface area contributed by atoms with Crippen molar-refractivity contribution >= 4 is 17.6 Å². The van der Waals surface area contributed by atoms with Gasteiger partial charge in [0.25, 0.3) is 0 Å². The van der Waals surface area contributed by atoms with Crippen molar-refractivity contribution in [2.45, 2.75) is 51.9 Å². The quantitative estimate of drug-likeness (QED) is 0.900. The van der Waals surface area contributed by atoms with E-state index in [-0.39, 0.29) is 17.7 Å². The molecule has 4 rings (SSSR count). The van der Waals surface area contributed by atoms with Crippen molar-refractivity contribution in [2.75, 3.05) is 18.4 Å². The predicted octanol–water partition coefficient (Wildman–Crippen LogP) is 3.39. The van der Waals surface area contributed by atoms with E-state index < -0.39 is 0 Å². The number of carbonyl (C=O) groups is 2. The summed E-state index contributed by atoms with van der Waals surface area (Å²) in [6.07, 6.45) is 9.46. The van der Waals surface area contributed by atoms with Gasteiger partial charge in [-0.3, -0.25) is 9.59 Å². The van der Waals surface area contributed by atoms with Crippen molar-refractivity contribution in [3.05, 3.63) is 23.9 Å². The molecule has 0 aromatic carbocycles. The summed E-state index contributed by atoms with van der Waals surface area (Å²) < 4.78 is 0. The second kappa shape index (κ2) is 7.37. The van der Waals surface area contributed by atoms with Crippen LogP contribution in [0.4, 0.5) is 5.82 Å². The van der Waals surface area contributed by atoms with Gasteiger partial charge in [0, 0.05) is 25.7 Å². The molecule has 140 valence electrons. The van der Waals surface area contributed by atoms with E-state index in [0.717, 1.165) is 36.8 Å². The number of hydrogen-bond donors (Lipinski definition) is 1. The summed E-state index contributed by atoms with van der Waals surface area (Å²) in [6.45, 7) is 3.32. The molecule has 2 saturated carbocycles. The number of nitrogens with zero attached hydrogens (tertiary/aromatic N) is 2. The van der Waals surface area contributed by atoms with Gasteiger partial charge in [0.15, 0.2) is 0 Å². The summed E-state index contributed by atoms with van der Waals surface area (Å²) in [6, 6.07) is 3.77. The van der Waals surface area contributed by atoms with Crippen LogP contribution in [0.25, 0.3) is 0 Å². The molecule has 26 heavy (non-hydrogen) atoms. The summed E-state index contributed by atoms with van der Waals surface area (Å²) in [5.41, 5.74) is 1.07. The molecule has 2 aliphatic carbocycles. The van der Waals surface area contributed by atoms with Gasteiger partial charge in [-0.1, -0.05) is 12.5 Å². The molecule has 5 heteroatoms. The number of pyridine rings is 1. The Balaban J connectivity index is 1.31. The van der Waals surface area contributed by atoms with Crippen LogP contribution in [-0.4, -0.2) is 34.8 Å². The van der Waals surface area contributed by atoms with Gasteiger partial charge in [-0.15, -0.1) is 0 Å². The zero-order chi connectivity index (χ0) is 18.1. The van der Waals surface area contributed by atoms with E-state index in [4.69, 9.17) is 0 Å². The highest BCUT2D eigenvalue weighted by Crippen LogP contribution is 2.49. The van der Waals surface area contributed by atoms with Crippen LogP contribution in [0.3, 0.4) is 0 Å². The summed E-state index contributed by atoms with van der Waals surface area (Å²) in [4.78, 5) is 31.5. The van der Waals surface area contributed by atoms with Gasteiger partial charge >= 0.3 is 0 Å². The van der Waals surface area contributed by atoms with Gasteiger partial charge in [-0.2, -0.15) is 0 Å². The molecule has 2 bridgehead atoms. The van der Waals surface area contributed by atoms with Crippen LogP contribution in [0.1, 0.15) is 50.5 Å². The first-order valence-corrected chi connectivity index (χ1v) is 10.1. The minimum atomic E-state index is -0.129. The number of aryl methyl sites for hydroxylation is 1. The SMILES string of the molecule is Cc1ccc(NC(=O)C2CCCN(C(=O)CC3CC4CCC3C4)C2)nc1. The second-order valence-electron chi connectivity index (χ2n) is 8.53. The molecule has 3 fully saturated rings. The maximum absolute atomic E-state index is 12.8. The van der Waals surface area contributed by atoms with Crippen LogP contribution in [-0.2, 0) is 9.59 Å². The molecule has 4 unspecified atom stereocenters. The highest BCUT2D eigenvalue weighted by Gasteiger charge is 2.41. The predicted molar refractivity (Wildman–Crippen MR) is 100 cm³/mol. The summed E-state index contributed by atoms with van der Waals surface area (Å²) in [7, 11) is 0. The van der Waals surface area contributed by atoms with Crippen molar-refractivity contribution < 1.29 is 9.59 Å². The average Bonchev–Trinajstić information content (AvgIpc) is 3.27. The molecule has 1 aromatic rings. The van der Waals surface area contributed by atoms with Crippen molar-refractivity contribution in [2.24, 2.45) is 23.7 Å². The third-order valence-electron chi connectivity index (χ3n) is 6.63. The third kappa shape index (κ3) is 3.76. The number of anilines is 1. The lowest BCUT2D eigenvalue weighted by Crippen LogP contribution is -2.44. The molecule has 0 spiro atoms. The van der Waals surface area contributed by atoms with Crippen LogP contribution >= 0.6 is 0 Å². The van der Waals surface area contributed by atoms with E-state index in [1.807, 2.05) is 24.0 Å². The number of carbonyl (C=O) groups excluding carboxylic acids is 2. The Hall–Kier alpha value is -1.91. The van der Waals surface area contributed by atoms with E-state index in [9.17, 15) is 9.59 Å². The molecule has 2 amide bonds. The molecule has 1 aromatic heterocycles. The minimum absolute atomic E-state index is 0.0150. The zero-order valence-electron chi connectivity index (χ0n) is 15.6. The molecular formula is C21H29N3O2. The highest BCUT2D eigenvalue weighted by atomic mass is 16.2.